The summed E-state index contributed by atoms with van der Waals surface area (Å²) >= 11 is 0. The largest absolute Gasteiger partial charge is 0.374 e. The van der Waals surface area contributed by atoms with Crippen LogP contribution in [-0.4, -0.2) is 11.8 Å². The lowest BCUT2D eigenvalue weighted by atomic mass is 10.0. The van der Waals surface area contributed by atoms with Crippen LogP contribution in [0.1, 0.15) is 101 Å². The number of para-hydroxylation sites is 1. The van der Waals surface area contributed by atoms with E-state index in [9.17, 15) is 4.79 Å². The molecule has 0 aliphatic carbocycles. The number of Topliss-reactive ketones (excluding diaryl/α,β-unsaturated/α-hetero) is 1. The lowest BCUT2D eigenvalue weighted by molar-refractivity contribution is 0.0975. The Morgan fingerprint density at radius 1 is 0.846 bits per heavy atom. The first-order chi connectivity index (χ1) is 12.8. The van der Waals surface area contributed by atoms with Crippen molar-refractivity contribution in [1.29, 1.82) is 0 Å². The van der Waals surface area contributed by atoms with Crippen LogP contribution in [0.3, 0.4) is 0 Å². The molecule has 0 bridgehead atoms. The minimum atomic E-state index is 0.00428. The number of carbonyl (C=O) groups is 1. The van der Waals surface area contributed by atoms with E-state index < -0.39 is 0 Å². The second-order valence-electron chi connectivity index (χ2n) is 7.63. The van der Waals surface area contributed by atoms with E-state index >= 15 is 0 Å². The zero-order chi connectivity index (χ0) is 18.5. The van der Waals surface area contributed by atoms with Gasteiger partial charge >= 0.3 is 0 Å². The SMILES string of the molecule is CCCCCCCCC=CCCCCCCC1Nc2ccccc2C1=O. The molecule has 0 radical (unpaired) electrons. The molecule has 1 aliphatic rings. The topological polar surface area (TPSA) is 29.1 Å². The molecule has 0 saturated heterocycles. The Kier molecular flexibility index (Phi) is 10.2. The molecular formula is C24H37NO. The molecule has 0 aromatic heterocycles. The van der Waals surface area contributed by atoms with Gasteiger partial charge in [-0.25, -0.2) is 0 Å². The van der Waals surface area contributed by atoms with Gasteiger partial charge in [-0.1, -0.05) is 82.6 Å². The van der Waals surface area contributed by atoms with Crippen molar-refractivity contribution >= 4 is 11.5 Å². The van der Waals surface area contributed by atoms with Crippen molar-refractivity contribution in [3.8, 4) is 0 Å². The third-order valence-corrected chi connectivity index (χ3v) is 5.34. The van der Waals surface area contributed by atoms with Gasteiger partial charge in [-0.05, 0) is 44.2 Å². The van der Waals surface area contributed by atoms with E-state index in [4.69, 9.17) is 0 Å². The number of nitrogens with one attached hydrogen (secondary N) is 1. The Bertz CT molecular complexity index is 549. The number of unbranched alkanes of at least 4 members (excludes halogenated alkanes) is 10. The standard InChI is InChI=1S/C24H37NO/c1-2-3-4-5-6-7-8-9-10-11-12-13-14-15-20-23-24(26)21-18-16-17-19-22(21)25-23/h9-10,16-19,23,25H,2-8,11-15,20H2,1H3. The molecule has 1 aromatic carbocycles. The molecule has 2 rings (SSSR count). The van der Waals surface area contributed by atoms with Crippen LogP contribution in [0.15, 0.2) is 36.4 Å². The van der Waals surface area contributed by atoms with Crippen LogP contribution in [0.5, 0.6) is 0 Å². The third-order valence-electron chi connectivity index (χ3n) is 5.34. The van der Waals surface area contributed by atoms with Crippen LogP contribution < -0.4 is 5.32 Å². The fourth-order valence-electron chi connectivity index (χ4n) is 3.71. The number of ketones is 1. The quantitative estimate of drug-likeness (QED) is 0.280. The van der Waals surface area contributed by atoms with Crippen LogP contribution in [0, 0.1) is 0 Å². The van der Waals surface area contributed by atoms with E-state index in [1.165, 1.54) is 70.6 Å². The zero-order valence-electron chi connectivity index (χ0n) is 16.6. The maximum absolute atomic E-state index is 12.3. The van der Waals surface area contributed by atoms with Crippen LogP contribution >= 0.6 is 0 Å². The van der Waals surface area contributed by atoms with Gasteiger partial charge in [0, 0.05) is 11.3 Å². The molecule has 26 heavy (non-hydrogen) atoms. The third kappa shape index (κ3) is 7.35. The number of rotatable bonds is 14. The number of carbonyl (C=O) groups excluding carboxylic acids is 1. The van der Waals surface area contributed by atoms with Gasteiger partial charge in [0.25, 0.3) is 0 Å². The summed E-state index contributed by atoms with van der Waals surface area (Å²) < 4.78 is 0. The van der Waals surface area contributed by atoms with E-state index in [1.54, 1.807) is 0 Å². The molecule has 1 unspecified atom stereocenters. The number of fused-ring (bicyclic) bond motifs is 1. The molecule has 2 nitrogen and oxygen atoms in total. The lowest BCUT2D eigenvalue weighted by Gasteiger charge is -2.09. The van der Waals surface area contributed by atoms with Crippen molar-refractivity contribution in [2.75, 3.05) is 5.32 Å². The molecule has 1 atom stereocenters. The second-order valence-corrected chi connectivity index (χ2v) is 7.63. The molecule has 0 fully saturated rings. The molecule has 0 spiro atoms. The highest BCUT2D eigenvalue weighted by Crippen LogP contribution is 2.27. The van der Waals surface area contributed by atoms with Gasteiger partial charge in [0.2, 0.25) is 0 Å². The Morgan fingerprint density at radius 3 is 2.15 bits per heavy atom. The van der Waals surface area contributed by atoms with Crippen molar-refractivity contribution < 1.29 is 4.79 Å². The van der Waals surface area contributed by atoms with Crippen molar-refractivity contribution in [3.63, 3.8) is 0 Å². The van der Waals surface area contributed by atoms with Crippen LogP contribution in [0.2, 0.25) is 0 Å². The van der Waals surface area contributed by atoms with E-state index in [-0.39, 0.29) is 11.8 Å². The van der Waals surface area contributed by atoms with Crippen molar-refractivity contribution in [2.45, 2.75) is 96.4 Å². The van der Waals surface area contributed by atoms with Crippen molar-refractivity contribution in [3.05, 3.63) is 42.0 Å². The van der Waals surface area contributed by atoms with Gasteiger partial charge in [-0.3, -0.25) is 4.79 Å². The summed E-state index contributed by atoms with van der Waals surface area (Å²) in [6.07, 6.45) is 21.4. The summed E-state index contributed by atoms with van der Waals surface area (Å²) in [6, 6.07) is 7.87. The Balaban J connectivity index is 1.41. The minimum Gasteiger partial charge on any atom is -0.374 e. The summed E-state index contributed by atoms with van der Waals surface area (Å²) in [6.45, 7) is 2.27. The second kappa shape index (κ2) is 12.7. The van der Waals surface area contributed by atoms with Gasteiger partial charge in [0.1, 0.15) is 0 Å². The average Bonchev–Trinajstić information content (AvgIpc) is 2.98. The fourth-order valence-corrected chi connectivity index (χ4v) is 3.71. The van der Waals surface area contributed by atoms with E-state index in [0.717, 1.165) is 24.1 Å². The first kappa shape index (κ1) is 20.7. The Morgan fingerprint density at radius 2 is 1.46 bits per heavy atom. The number of anilines is 1. The monoisotopic (exact) mass is 355 g/mol. The van der Waals surface area contributed by atoms with Gasteiger partial charge in [-0.2, -0.15) is 0 Å². The predicted octanol–water partition coefficient (Wildman–Crippen LogP) is 7.31. The molecule has 2 heteroatoms. The fraction of sp³-hybridized carbons (Fsp3) is 0.625. The lowest BCUT2D eigenvalue weighted by Crippen LogP contribution is -2.21. The number of hydrogen-bond donors (Lipinski definition) is 1. The van der Waals surface area contributed by atoms with Crippen molar-refractivity contribution in [1.82, 2.24) is 0 Å². The smallest absolute Gasteiger partial charge is 0.187 e. The highest BCUT2D eigenvalue weighted by atomic mass is 16.1. The van der Waals surface area contributed by atoms with Gasteiger partial charge in [-0.15, -0.1) is 0 Å². The molecule has 1 heterocycles. The summed E-state index contributed by atoms with van der Waals surface area (Å²) in [5, 5.41) is 3.37. The summed E-state index contributed by atoms with van der Waals surface area (Å²) in [4.78, 5) is 12.3. The number of allylic oxidation sites excluding steroid dienone is 2. The Hall–Kier alpha value is -1.57. The van der Waals surface area contributed by atoms with Crippen LogP contribution in [-0.2, 0) is 0 Å². The van der Waals surface area contributed by atoms with Crippen molar-refractivity contribution in [2.24, 2.45) is 0 Å². The van der Waals surface area contributed by atoms with Crippen LogP contribution in [0.4, 0.5) is 5.69 Å². The van der Waals surface area contributed by atoms with E-state index in [0.29, 0.717) is 0 Å². The first-order valence-electron chi connectivity index (χ1n) is 10.9. The summed E-state index contributed by atoms with van der Waals surface area (Å²) in [5.41, 5.74) is 1.88. The molecule has 0 amide bonds. The van der Waals surface area contributed by atoms with Gasteiger partial charge < -0.3 is 5.32 Å². The maximum Gasteiger partial charge on any atom is 0.187 e. The maximum atomic E-state index is 12.3. The van der Waals surface area contributed by atoms with Crippen LogP contribution in [0.25, 0.3) is 0 Å². The molecule has 0 saturated carbocycles. The minimum absolute atomic E-state index is 0.00428. The molecular weight excluding hydrogens is 318 g/mol. The van der Waals surface area contributed by atoms with E-state index in [1.807, 2.05) is 24.3 Å². The van der Waals surface area contributed by atoms with Gasteiger partial charge in [0.15, 0.2) is 5.78 Å². The van der Waals surface area contributed by atoms with Gasteiger partial charge in [0.05, 0.1) is 6.04 Å². The average molecular weight is 356 g/mol. The number of hydrogen-bond acceptors (Lipinski definition) is 2. The Labute approximate surface area is 160 Å². The zero-order valence-corrected chi connectivity index (χ0v) is 16.6. The van der Waals surface area contributed by atoms with E-state index in [2.05, 4.69) is 24.4 Å². The highest BCUT2D eigenvalue weighted by molar-refractivity contribution is 6.10. The highest BCUT2D eigenvalue weighted by Gasteiger charge is 2.28. The normalized spacial score (nSPS) is 16.2. The first-order valence-corrected chi connectivity index (χ1v) is 10.9. The summed E-state index contributed by atoms with van der Waals surface area (Å²) in [7, 11) is 0. The molecule has 1 N–H and O–H groups in total. The molecule has 144 valence electrons. The molecule has 1 aromatic rings. The predicted molar refractivity (Wildman–Crippen MR) is 113 cm³/mol. The number of benzene rings is 1. The summed E-state index contributed by atoms with van der Waals surface area (Å²) in [5.74, 6) is 0.276. The molecule has 1 aliphatic heterocycles.